The monoisotopic (exact) mass is 254 g/mol. The van der Waals surface area contributed by atoms with Crippen LogP contribution in [0.3, 0.4) is 0 Å². The molecule has 2 aliphatic rings. The molecule has 0 amide bonds. The van der Waals surface area contributed by atoms with Crippen molar-refractivity contribution >= 4 is 7.12 Å². The van der Waals surface area contributed by atoms with E-state index in [4.69, 9.17) is 9.31 Å². The van der Waals surface area contributed by atoms with Crippen LogP contribution in [-0.2, 0) is 9.31 Å². The third-order valence-corrected chi connectivity index (χ3v) is 4.60. The molecule has 0 aromatic rings. The lowest BCUT2D eigenvalue weighted by molar-refractivity contribution is 0.00578. The van der Waals surface area contributed by atoms with Gasteiger partial charge in [-0.05, 0) is 40.0 Å². The average Bonchev–Trinajstić information content (AvgIpc) is 2.82. The standard InChI is InChI=1S/C14H24BFO2/c1-13(2)14(3,4)18-15(17-13)12(16)10-9-11-7-5-6-8-11/h10-11H,5-9H2,1-4H3. The van der Waals surface area contributed by atoms with Gasteiger partial charge in [-0.2, -0.15) is 0 Å². The maximum Gasteiger partial charge on any atom is 0.524 e. The molecule has 2 fully saturated rings. The fourth-order valence-corrected chi connectivity index (χ4v) is 2.58. The van der Waals surface area contributed by atoms with Gasteiger partial charge >= 0.3 is 7.12 Å². The molecule has 1 saturated carbocycles. The maximum absolute atomic E-state index is 14.1. The van der Waals surface area contributed by atoms with E-state index in [0.29, 0.717) is 5.92 Å². The van der Waals surface area contributed by atoms with Gasteiger partial charge in [-0.1, -0.05) is 31.8 Å². The van der Waals surface area contributed by atoms with E-state index in [1.54, 1.807) is 6.08 Å². The Bertz CT molecular complexity index is 317. The van der Waals surface area contributed by atoms with Gasteiger partial charge in [0.05, 0.1) is 11.2 Å². The quantitative estimate of drug-likeness (QED) is 0.707. The second kappa shape index (κ2) is 4.97. The zero-order valence-corrected chi connectivity index (χ0v) is 12.0. The lowest BCUT2D eigenvalue weighted by atomic mass is 9.86. The molecule has 0 spiro atoms. The second-order valence-corrected chi connectivity index (χ2v) is 6.56. The van der Waals surface area contributed by atoms with Crippen LogP contribution >= 0.6 is 0 Å². The van der Waals surface area contributed by atoms with E-state index in [2.05, 4.69) is 0 Å². The number of halogens is 1. The van der Waals surface area contributed by atoms with Crippen molar-refractivity contribution in [2.24, 2.45) is 5.92 Å². The van der Waals surface area contributed by atoms with Gasteiger partial charge in [0.1, 0.15) is 5.73 Å². The predicted octanol–water partition coefficient (Wildman–Crippen LogP) is 4.05. The molecule has 0 N–H and O–H groups in total. The van der Waals surface area contributed by atoms with Crippen molar-refractivity contribution in [1.82, 2.24) is 0 Å². The van der Waals surface area contributed by atoms with Crippen molar-refractivity contribution in [2.75, 3.05) is 0 Å². The molecule has 2 rings (SSSR count). The molecular formula is C14H24BFO2. The highest BCUT2D eigenvalue weighted by molar-refractivity contribution is 6.53. The molecule has 1 aliphatic heterocycles. The Hall–Kier alpha value is -0.345. The summed E-state index contributed by atoms with van der Waals surface area (Å²) in [7, 11) is -0.823. The van der Waals surface area contributed by atoms with E-state index in [1.807, 2.05) is 27.7 Å². The largest absolute Gasteiger partial charge is 0.524 e. The first-order chi connectivity index (χ1) is 8.32. The number of rotatable bonds is 3. The Morgan fingerprint density at radius 2 is 1.67 bits per heavy atom. The fourth-order valence-electron chi connectivity index (χ4n) is 2.58. The van der Waals surface area contributed by atoms with E-state index in [0.717, 1.165) is 6.42 Å². The Morgan fingerprint density at radius 1 is 1.17 bits per heavy atom. The van der Waals surface area contributed by atoms with Crippen molar-refractivity contribution in [3.05, 3.63) is 11.8 Å². The van der Waals surface area contributed by atoms with Gasteiger partial charge < -0.3 is 9.31 Å². The van der Waals surface area contributed by atoms with Crippen molar-refractivity contribution in [2.45, 2.75) is 71.0 Å². The molecular weight excluding hydrogens is 230 g/mol. The van der Waals surface area contributed by atoms with Crippen LogP contribution in [0.1, 0.15) is 59.8 Å². The highest BCUT2D eigenvalue weighted by atomic mass is 19.1. The number of allylic oxidation sites excluding steroid dienone is 1. The van der Waals surface area contributed by atoms with Gasteiger partial charge in [-0.15, -0.1) is 0 Å². The molecule has 0 radical (unpaired) electrons. The van der Waals surface area contributed by atoms with Gasteiger partial charge in [0.2, 0.25) is 0 Å². The maximum atomic E-state index is 14.1. The third kappa shape index (κ3) is 2.80. The van der Waals surface area contributed by atoms with Crippen LogP contribution in [-0.4, -0.2) is 18.3 Å². The topological polar surface area (TPSA) is 18.5 Å². The lowest BCUT2D eigenvalue weighted by Crippen LogP contribution is -2.41. The Morgan fingerprint density at radius 3 is 2.17 bits per heavy atom. The summed E-state index contributed by atoms with van der Waals surface area (Å²) in [6.07, 6.45) is 7.52. The molecule has 1 saturated heterocycles. The minimum Gasteiger partial charge on any atom is -0.398 e. The minimum absolute atomic E-state index is 0.263. The van der Waals surface area contributed by atoms with E-state index < -0.39 is 18.3 Å². The van der Waals surface area contributed by atoms with Crippen LogP contribution in [0.25, 0.3) is 0 Å². The molecule has 0 atom stereocenters. The normalized spacial score (nSPS) is 28.1. The van der Waals surface area contributed by atoms with Crippen LogP contribution in [0, 0.1) is 5.92 Å². The van der Waals surface area contributed by atoms with E-state index in [1.165, 1.54) is 25.7 Å². The van der Waals surface area contributed by atoms with Gasteiger partial charge in [0.25, 0.3) is 0 Å². The van der Waals surface area contributed by atoms with E-state index in [-0.39, 0.29) is 5.73 Å². The Kier molecular flexibility index (Phi) is 3.89. The summed E-state index contributed by atoms with van der Waals surface area (Å²) in [6.45, 7) is 7.77. The fraction of sp³-hybridized carbons (Fsp3) is 0.857. The van der Waals surface area contributed by atoms with Crippen LogP contribution in [0.15, 0.2) is 11.8 Å². The molecule has 0 aromatic heterocycles. The Labute approximate surface area is 110 Å². The molecule has 1 aliphatic carbocycles. The lowest BCUT2D eigenvalue weighted by Gasteiger charge is -2.32. The highest BCUT2D eigenvalue weighted by Gasteiger charge is 2.52. The summed E-state index contributed by atoms with van der Waals surface area (Å²) in [6, 6.07) is 0. The SMILES string of the molecule is CC1(C)OB(C(F)=CCC2CCCC2)OC1(C)C. The molecule has 102 valence electrons. The highest BCUT2D eigenvalue weighted by Crippen LogP contribution is 2.39. The molecule has 4 heteroatoms. The van der Waals surface area contributed by atoms with Crippen molar-refractivity contribution in [3.8, 4) is 0 Å². The first-order valence-electron chi connectivity index (χ1n) is 7.03. The zero-order chi connectivity index (χ0) is 13.4. The molecule has 18 heavy (non-hydrogen) atoms. The minimum atomic E-state index is -0.823. The average molecular weight is 254 g/mol. The number of hydrogen-bond acceptors (Lipinski definition) is 2. The summed E-state index contributed by atoms with van der Waals surface area (Å²) in [5, 5.41) is 0. The first-order valence-corrected chi connectivity index (χ1v) is 7.03. The summed E-state index contributed by atoms with van der Waals surface area (Å²) < 4.78 is 25.4. The Balaban J connectivity index is 1.94. The zero-order valence-electron chi connectivity index (χ0n) is 12.0. The molecule has 2 nitrogen and oxygen atoms in total. The van der Waals surface area contributed by atoms with Gasteiger partial charge in [0.15, 0.2) is 0 Å². The number of hydrogen-bond donors (Lipinski definition) is 0. The van der Waals surface area contributed by atoms with E-state index in [9.17, 15) is 4.39 Å². The predicted molar refractivity (Wildman–Crippen MR) is 71.8 cm³/mol. The first kappa shape index (κ1) is 14.1. The third-order valence-electron chi connectivity index (χ3n) is 4.60. The molecule has 0 aromatic carbocycles. The van der Waals surface area contributed by atoms with Crippen LogP contribution in [0.2, 0.25) is 0 Å². The van der Waals surface area contributed by atoms with Crippen LogP contribution in [0.5, 0.6) is 0 Å². The summed E-state index contributed by atoms with van der Waals surface area (Å²) in [5.41, 5.74) is -1.19. The molecule has 0 bridgehead atoms. The molecule has 0 unspecified atom stereocenters. The summed E-state index contributed by atoms with van der Waals surface area (Å²) in [4.78, 5) is 0. The smallest absolute Gasteiger partial charge is 0.398 e. The molecule has 1 heterocycles. The van der Waals surface area contributed by atoms with Crippen molar-refractivity contribution in [3.63, 3.8) is 0 Å². The van der Waals surface area contributed by atoms with Gasteiger partial charge in [0, 0.05) is 0 Å². The van der Waals surface area contributed by atoms with Crippen molar-refractivity contribution in [1.29, 1.82) is 0 Å². The van der Waals surface area contributed by atoms with E-state index >= 15 is 0 Å². The van der Waals surface area contributed by atoms with Gasteiger partial charge in [-0.25, -0.2) is 4.39 Å². The van der Waals surface area contributed by atoms with Crippen LogP contribution < -0.4 is 0 Å². The van der Waals surface area contributed by atoms with Gasteiger partial charge in [-0.3, -0.25) is 0 Å². The van der Waals surface area contributed by atoms with Crippen LogP contribution in [0.4, 0.5) is 4.39 Å². The second-order valence-electron chi connectivity index (χ2n) is 6.56. The van der Waals surface area contributed by atoms with Crippen molar-refractivity contribution < 1.29 is 13.7 Å². The summed E-state index contributed by atoms with van der Waals surface area (Å²) >= 11 is 0. The summed E-state index contributed by atoms with van der Waals surface area (Å²) in [5.74, 6) is 0.651.